The fourth-order valence-electron chi connectivity index (χ4n) is 13.2. The van der Waals surface area contributed by atoms with Gasteiger partial charge in [-0.2, -0.15) is 0 Å². The third-order valence-electron chi connectivity index (χ3n) is 17.0. The molecule has 9 atom stereocenters. The number of rotatable bonds is 5. The van der Waals surface area contributed by atoms with Crippen LogP contribution in [0.5, 0.6) is 0 Å². The lowest BCUT2D eigenvalue weighted by molar-refractivity contribution is -0.227. The van der Waals surface area contributed by atoms with Crippen molar-refractivity contribution in [3.8, 4) is 0 Å². The van der Waals surface area contributed by atoms with Crippen LogP contribution < -0.4 is 0 Å². The van der Waals surface area contributed by atoms with Crippen molar-refractivity contribution in [2.24, 2.45) is 56.7 Å². The zero-order valence-electron chi connectivity index (χ0n) is 35.5. The molecule has 0 radical (unpaired) electrons. The summed E-state index contributed by atoms with van der Waals surface area (Å²) in [4.78, 5) is 27.5. The van der Waals surface area contributed by atoms with Gasteiger partial charge in [-0.1, -0.05) is 85.8 Å². The molecule has 52 heavy (non-hydrogen) atoms. The van der Waals surface area contributed by atoms with Gasteiger partial charge in [0.1, 0.15) is 5.60 Å². The highest BCUT2D eigenvalue weighted by Crippen LogP contribution is 2.78. The molecule has 0 bridgehead atoms. The van der Waals surface area contributed by atoms with Crippen LogP contribution in [0.15, 0.2) is 42.5 Å². The van der Waals surface area contributed by atoms with E-state index in [1.165, 1.54) is 42.4 Å². The molecule has 0 heterocycles. The molecule has 4 fully saturated rings. The standard InChI is InChI=1S/C47H72O4Si/c1-30(2)33-22-27-47(40(49)51-52(14,15)42(6,7)8)29-28-45(12)35(38(33)47)20-21-37-44(11)25-23-34(43(9,10)36(44)24-26-46(37,45)13)31-16-18-32(19-17-31)39(48)50-41(3,4)5/h16-19,23,33,35-38H,1,20-22,24-29H2,2-15H3. The first-order valence-corrected chi connectivity index (χ1v) is 23.6. The molecular weight excluding hydrogens is 657 g/mol. The van der Waals surface area contributed by atoms with Crippen molar-refractivity contribution < 1.29 is 18.8 Å². The van der Waals surface area contributed by atoms with Crippen molar-refractivity contribution in [1.29, 1.82) is 0 Å². The molecule has 0 aromatic heterocycles. The molecule has 5 heteroatoms. The minimum Gasteiger partial charge on any atom is -0.519 e. The highest BCUT2D eigenvalue weighted by Gasteiger charge is 2.72. The van der Waals surface area contributed by atoms with Crippen molar-refractivity contribution in [2.45, 2.75) is 165 Å². The molecule has 0 N–H and O–H groups in total. The van der Waals surface area contributed by atoms with E-state index in [-0.39, 0.29) is 44.1 Å². The summed E-state index contributed by atoms with van der Waals surface area (Å²) in [5.41, 5.74) is 4.21. The van der Waals surface area contributed by atoms with Gasteiger partial charge in [0.25, 0.3) is 14.3 Å². The van der Waals surface area contributed by atoms with Gasteiger partial charge in [-0.05, 0) is 178 Å². The molecule has 0 spiro atoms. The van der Waals surface area contributed by atoms with Crippen LogP contribution in [0, 0.1) is 56.7 Å². The summed E-state index contributed by atoms with van der Waals surface area (Å²) in [6, 6.07) is 8.17. The van der Waals surface area contributed by atoms with Crippen molar-refractivity contribution in [3.05, 3.63) is 53.6 Å². The van der Waals surface area contributed by atoms with Crippen LogP contribution in [0.25, 0.3) is 5.57 Å². The average Bonchev–Trinajstić information content (AvgIpc) is 3.41. The quantitative estimate of drug-likeness (QED) is 0.172. The van der Waals surface area contributed by atoms with Crippen molar-refractivity contribution >= 4 is 25.8 Å². The fourth-order valence-corrected chi connectivity index (χ4v) is 14.2. The van der Waals surface area contributed by atoms with E-state index in [1.54, 1.807) is 0 Å². The van der Waals surface area contributed by atoms with Crippen molar-refractivity contribution in [1.82, 2.24) is 0 Å². The van der Waals surface area contributed by atoms with Gasteiger partial charge >= 0.3 is 5.97 Å². The second kappa shape index (κ2) is 12.4. The molecular formula is C47H72O4Si. The molecule has 9 unspecified atom stereocenters. The van der Waals surface area contributed by atoms with Gasteiger partial charge in [0.05, 0.1) is 11.0 Å². The third kappa shape index (κ3) is 5.86. The molecule has 1 aromatic rings. The molecule has 0 amide bonds. The Balaban J connectivity index is 1.31. The van der Waals surface area contributed by atoms with Gasteiger partial charge in [-0.3, -0.25) is 4.79 Å². The first kappa shape index (κ1) is 39.5. The Bertz CT molecular complexity index is 1640. The minimum atomic E-state index is -2.26. The zero-order chi connectivity index (χ0) is 38.7. The summed E-state index contributed by atoms with van der Waals surface area (Å²) >= 11 is 0. The van der Waals surface area contributed by atoms with Crippen LogP contribution in [0.2, 0.25) is 18.1 Å². The predicted octanol–water partition coefficient (Wildman–Crippen LogP) is 12.8. The van der Waals surface area contributed by atoms with E-state index in [1.807, 2.05) is 32.9 Å². The van der Waals surface area contributed by atoms with Gasteiger partial charge in [-0.25, -0.2) is 4.79 Å². The number of hydrogen-bond donors (Lipinski definition) is 0. The SMILES string of the molecule is C=C(C)C1CCC2(C(=O)O[Si](C)(C)C(C)(C)C)CCC3(C)C(CCC4C5(C)CC=C(c6ccc(C(=O)OC(C)(C)C)cc6)C(C)(C)C5CCC43C)C12. The third-order valence-corrected chi connectivity index (χ3v) is 21.3. The normalized spacial score (nSPS) is 38.5. The molecule has 6 rings (SSSR count). The van der Waals surface area contributed by atoms with Gasteiger partial charge in [0.2, 0.25) is 0 Å². The summed E-state index contributed by atoms with van der Waals surface area (Å²) in [6.07, 6.45) is 12.7. The Labute approximate surface area is 318 Å². The summed E-state index contributed by atoms with van der Waals surface area (Å²) in [5, 5.41) is -0.00439. The van der Waals surface area contributed by atoms with E-state index < -0.39 is 13.9 Å². The second-order valence-corrected chi connectivity index (χ2v) is 26.8. The largest absolute Gasteiger partial charge is 0.519 e. The summed E-state index contributed by atoms with van der Waals surface area (Å²) in [7, 11) is -2.26. The van der Waals surface area contributed by atoms with Crippen LogP contribution in [-0.2, 0) is 14.0 Å². The number of esters is 1. The Morgan fingerprint density at radius 3 is 2.02 bits per heavy atom. The maximum atomic E-state index is 14.7. The summed E-state index contributed by atoms with van der Waals surface area (Å²) in [5.74, 6) is 2.28. The molecule has 4 nitrogen and oxygen atoms in total. The number of carbonyl (C=O) groups excluding carboxylic acids is 2. The minimum absolute atomic E-state index is 0.00439. The molecule has 0 saturated heterocycles. The zero-order valence-corrected chi connectivity index (χ0v) is 36.5. The maximum absolute atomic E-state index is 14.7. The lowest BCUT2D eigenvalue weighted by Crippen LogP contribution is -2.66. The second-order valence-electron chi connectivity index (χ2n) is 22.1. The number of fused-ring (bicyclic) bond motifs is 7. The van der Waals surface area contributed by atoms with Gasteiger partial charge < -0.3 is 9.16 Å². The van der Waals surface area contributed by atoms with Crippen LogP contribution in [0.4, 0.5) is 0 Å². The van der Waals surface area contributed by atoms with Crippen molar-refractivity contribution in [3.63, 3.8) is 0 Å². The van der Waals surface area contributed by atoms with Gasteiger partial charge in [0, 0.05) is 0 Å². The summed E-state index contributed by atoms with van der Waals surface area (Å²) in [6.45, 7) is 36.7. The molecule has 4 saturated carbocycles. The Morgan fingerprint density at radius 1 is 0.808 bits per heavy atom. The molecule has 1 aromatic carbocycles. The number of carbonyl (C=O) groups is 2. The molecule has 288 valence electrons. The van der Waals surface area contributed by atoms with Crippen LogP contribution in [0.3, 0.4) is 0 Å². The topological polar surface area (TPSA) is 52.6 Å². The number of hydrogen-bond acceptors (Lipinski definition) is 4. The highest BCUT2D eigenvalue weighted by molar-refractivity contribution is 6.75. The van der Waals surface area contributed by atoms with E-state index in [4.69, 9.17) is 9.16 Å². The van der Waals surface area contributed by atoms with Crippen molar-refractivity contribution in [2.75, 3.05) is 0 Å². The highest BCUT2D eigenvalue weighted by atomic mass is 28.4. The first-order valence-electron chi connectivity index (χ1n) is 20.7. The average molecular weight is 729 g/mol. The summed E-state index contributed by atoms with van der Waals surface area (Å²) < 4.78 is 12.4. The molecule has 5 aliphatic carbocycles. The van der Waals surface area contributed by atoms with Crippen LogP contribution in [0.1, 0.15) is 157 Å². The van der Waals surface area contributed by atoms with Crippen LogP contribution in [-0.4, -0.2) is 25.9 Å². The number of allylic oxidation sites excluding steroid dienone is 3. The van der Waals surface area contributed by atoms with Gasteiger partial charge in [0.15, 0.2) is 0 Å². The number of ether oxygens (including phenoxy) is 1. The lowest BCUT2D eigenvalue weighted by atomic mass is 9.32. The first-order chi connectivity index (χ1) is 23.8. The van der Waals surface area contributed by atoms with E-state index in [0.29, 0.717) is 35.2 Å². The van der Waals surface area contributed by atoms with E-state index in [2.05, 4.69) is 100 Å². The number of benzene rings is 1. The monoisotopic (exact) mass is 729 g/mol. The van der Waals surface area contributed by atoms with E-state index >= 15 is 0 Å². The van der Waals surface area contributed by atoms with E-state index in [9.17, 15) is 9.59 Å². The molecule has 5 aliphatic rings. The van der Waals surface area contributed by atoms with Crippen LogP contribution >= 0.6 is 0 Å². The predicted molar refractivity (Wildman–Crippen MR) is 217 cm³/mol. The Hall–Kier alpha value is -2.14. The Morgan fingerprint density at radius 2 is 1.44 bits per heavy atom. The Kier molecular flexibility index (Phi) is 9.46. The maximum Gasteiger partial charge on any atom is 0.338 e. The van der Waals surface area contributed by atoms with E-state index in [0.717, 1.165) is 32.1 Å². The lowest BCUT2D eigenvalue weighted by Gasteiger charge is -2.72. The van der Waals surface area contributed by atoms with Gasteiger partial charge in [-0.15, -0.1) is 0 Å². The fraction of sp³-hybridized carbons (Fsp3) is 0.745. The molecule has 0 aliphatic heterocycles. The smallest absolute Gasteiger partial charge is 0.338 e.